The quantitative estimate of drug-likeness (QED) is 0.805. The molecule has 0 bridgehead atoms. The molecular weight excluding hydrogens is 318 g/mol. The monoisotopic (exact) mass is 345 g/mol. The Labute approximate surface area is 148 Å². The summed E-state index contributed by atoms with van der Waals surface area (Å²) in [7, 11) is 0. The Morgan fingerprint density at radius 1 is 1.08 bits per heavy atom. The molecule has 136 valence electrons. The number of hydrogen-bond acceptors (Lipinski definition) is 3. The summed E-state index contributed by atoms with van der Waals surface area (Å²) in [4.78, 5) is 37.5. The Morgan fingerprint density at radius 3 is 2.28 bits per heavy atom. The van der Waals surface area contributed by atoms with Crippen LogP contribution in [0.25, 0.3) is 0 Å². The molecule has 0 saturated carbocycles. The van der Waals surface area contributed by atoms with Crippen molar-refractivity contribution in [3.8, 4) is 0 Å². The summed E-state index contributed by atoms with van der Waals surface area (Å²) in [6.07, 6.45) is 1.51. The third-order valence-corrected chi connectivity index (χ3v) is 4.55. The van der Waals surface area contributed by atoms with E-state index in [4.69, 9.17) is 0 Å². The van der Waals surface area contributed by atoms with Crippen molar-refractivity contribution in [2.75, 3.05) is 13.1 Å². The molecule has 2 N–H and O–H groups in total. The third-order valence-electron chi connectivity index (χ3n) is 4.55. The lowest BCUT2D eigenvalue weighted by molar-refractivity contribution is -0.134. The zero-order valence-corrected chi connectivity index (χ0v) is 15.4. The van der Waals surface area contributed by atoms with E-state index in [1.807, 2.05) is 12.1 Å². The van der Waals surface area contributed by atoms with E-state index in [2.05, 4.69) is 31.6 Å². The molecule has 1 aromatic carbocycles. The lowest BCUT2D eigenvalue weighted by Crippen LogP contribution is -2.49. The molecule has 0 aliphatic carbocycles. The highest BCUT2D eigenvalue weighted by molar-refractivity contribution is 5.95. The number of nitrogens with zero attached hydrogens (tertiary/aromatic N) is 1. The first-order valence-corrected chi connectivity index (χ1v) is 8.64. The number of carbonyl (C=O) groups is 3. The number of piperidine rings is 1. The summed E-state index contributed by atoms with van der Waals surface area (Å²) < 4.78 is 0. The molecule has 3 amide bonds. The average Bonchev–Trinajstić information content (AvgIpc) is 2.58. The Kier molecular flexibility index (Phi) is 5.82. The topological polar surface area (TPSA) is 78.5 Å². The van der Waals surface area contributed by atoms with E-state index in [1.165, 1.54) is 6.92 Å². The maximum atomic E-state index is 12.2. The SMILES string of the molecule is CC(=O)N1CCC[C@H](C(=O)NNC(=O)c2ccc(C(C)(C)C)cc2)C1. The van der Waals surface area contributed by atoms with Gasteiger partial charge in [0.05, 0.1) is 5.92 Å². The summed E-state index contributed by atoms with van der Waals surface area (Å²) >= 11 is 0. The molecule has 6 nitrogen and oxygen atoms in total. The van der Waals surface area contributed by atoms with Crippen molar-refractivity contribution in [1.82, 2.24) is 15.8 Å². The Balaban J connectivity index is 1.89. The van der Waals surface area contributed by atoms with Crippen LogP contribution < -0.4 is 10.9 Å². The van der Waals surface area contributed by atoms with Crippen LogP contribution in [0.15, 0.2) is 24.3 Å². The highest BCUT2D eigenvalue weighted by Gasteiger charge is 2.27. The molecule has 1 aliphatic heterocycles. The molecule has 1 heterocycles. The standard InChI is InChI=1S/C19H27N3O3/c1-13(23)22-11-5-6-15(12-22)18(25)21-20-17(24)14-7-9-16(10-8-14)19(2,3)4/h7-10,15H,5-6,11-12H2,1-4H3,(H,20,24)(H,21,25)/t15-/m0/s1. The van der Waals surface area contributed by atoms with Gasteiger partial charge in [0.15, 0.2) is 0 Å². The van der Waals surface area contributed by atoms with Crippen molar-refractivity contribution in [2.24, 2.45) is 5.92 Å². The van der Waals surface area contributed by atoms with Gasteiger partial charge < -0.3 is 4.90 Å². The molecule has 6 heteroatoms. The molecule has 0 aromatic heterocycles. The van der Waals surface area contributed by atoms with Gasteiger partial charge in [-0.25, -0.2) is 0 Å². The van der Waals surface area contributed by atoms with Gasteiger partial charge in [0.2, 0.25) is 11.8 Å². The van der Waals surface area contributed by atoms with Crippen LogP contribution in [-0.2, 0) is 15.0 Å². The number of nitrogens with one attached hydrogen (secondary N) is 2. The van der Waals surface area contributed by atoms with Gasteiger partial charge in [-0.1, -0.05) is 32.9 Å². The first-order chi connectivity index (χ1) is 11.7. The van der Waals surface area contributed by atoms with Crippen molar-refractivity contribution in [3.63, 3.8) is 0 Å². The fourth-order valence-electron chi connectivity index (χ4n) is 2.89. The lowest BCUT2D eigenvalue weighted by atomic mass is 9.87. The van der Waals surface area contributed by atoms with Gasteiger partial charge in [-0.3, -0.25) is 25.2 Å². The zero-order chi connectivity index (χ0) is 18.6. The number of carbonyl (C=O) groups excluding carboxylic acids is 3. The maximum absolute atomic E-state index is 12.2. The van der Waals surface area contributed by atoms with Gasteiger partial charge in [-0.2, -0.15) is 0 Å². The zero-order valence-electron chi connectivity index (χ0n) is 15.4. The molecule has 1 fully saturated rings. The highest BCUT2D eigenvalue weighted by Crippen LogP contribution is 2.22. The van der Waals surface area contributed by atoms with Gasteiger partial charge in [-0.05, 0) is 36.0 Å². The molecule has 1 atom stereocenters. The molecular formula is C19H27N3O3. The minimum absolute atomic E-state index is 0.0206. The molecule has 1 saturated heterocycles. The predicted molar refractivity (Wildman–Crippen MR) is 95.7 cm³/mol. The normalized spacial score (nSPS) is 17.8. The van der Waals surface area contributed by atoms with Gasteiger partial charge >= 0.3 is 0 Å². The smallest absolute Gasteiger partial charge is 0.269 e. The van der Waals surface area contributed by atoms with Crippen LogP contribution in [-0.4, -0.2) is 35.7 Å². The second kappa shape index (κ2) is 7.68. The number of hydrazine groups is 1. The van der Waals surface area contributed by atoms with E-state index in [-0.39, 0.29) is 29.1 Å². The van der Waals surface area contributed by atoms with E-state index in [1.54, 1.807) is 17.0 Å². The summed E-state index contributed by atoms with van der Waals surface area (Å²) in [5.74, 6) is -0.930. The van der Waals surface area contributed by atoms with Gasteiger partial charge in [0, 0.05) is 25.6 Å². The Morgan fingerprint density at radius 2 is 1.72 bits per heavy atom. The van der Waals surface area contributed by atoms with Gasteiger partial charge in [-0.15, -0.1) is 0 Å². The van der Waals surface area contributed by atoms with E-state index >= 15 is 0 Å². The third kappa shape index (κ3) is 5.05. The number of rotatable bonds is 2. The summed E-state index contributed by atoms with van der Waals surface area (Å²) in [5, 5.41) is 0. The molecule has 0 unspecified atom stereocenters. The number of hydrogen-bond donors (Lipinski definition) is 2. The summed E-state index contributed by atoms with van der Waals surface area (Å²) in [6.45, 7) is 8.91. The van der Waals surface area contributed by atoms with Gasteiger partial charge in [0.25, 0.3) is 5.91 Å². The Bertz CT molecular complexity index is 647. The van der Waals surface area contributed by atoms with E-state index in [0.717, 1.165) is 12.0 Å². The summed E-state index contributed by atoms with van der Waals surface area (Å²) in [5.41, 5.74) is 6.58. The lowest BCUT2D eigenvalue weighted by Gasteiger charge is -2.31. The van der Waals surface area contributed by atoms with Crippen LogP contribution in [0.1, 0.15) is 56.5 Å². The molecule has 0 radical (unpaired) electrons. The molecule has 25 heavy (non-hydrogen) atoms. The molecule has 1 aromatic rings. The number of amides is 3. The van der Waals surface area contributed by atoms with Crippen LogP contribution in [0.5, 0.6) is 0 Å². The number of likely N-dealkylation sites (tertiary alicyclic amines) is 1. The minimum atomic E-state index is -0.354. The molecule has 2 rings (SSSR count). The Hall–Kier alpha value is -2.37. The molecule has 1 aliphatic rings. The second-order valence-corrected chi connectivity index (χ2v) is 7.57. The average molecular weight is 345 g/mol. The van der Waals surface area contributed by atoms with Crippen LogP contribution in [0.2, 0.25) is 0 Å². The van der Waals surface area contributed by atoms with Crippen LogP contribution in [0, 0.1) is 5.92 Å². The predicted octanol–water partition coefficient (Wildman–Crippen LogP) is 2.00. The first kappa shape index (κ1) is 19.0. The van der Waals surface area contributed by atoms with Crippen molar-refractivity contribution in [2.45, 2.75) is 46.0 Å². The minimum Gasteiger partial charge on any atom is -0.342 e. The van der Waals surface area contributed by atoms with E-state index in [0.29, 0.717) is 25.1 Å². The fourth-order valence-corrected chi connectivity index (χ4v) is 2.89. The fraction of sp³-hybridized carbons (Fsp3) is 0.526. The van der Waals surface area contributed by atoms with Gasteiger partial charge in [0.1, 0.15) is 0 Å². The highest BCUT2D eigenvalue weighted by atomic mass is 16.2. The van der Waals surface area contributed by atoms with Crippen LogP contribution in [0.4, 0.5) is 0 Å². The first-order valence-electron chi connectivity index (χ1n) is 8.64. The van der Waals surface area contributed by atoms with Crippen LogP contribution in [0.3, 0.4) is 0 Å². The largest absolute Gasteiger partial charge is 0.342 e. The second-order valence-electron chi connectivity index (χ2n) is 7.57. The van der Waals surface area contributed by atoms with Crippen molar-refractivity contribution in [1.29, 1.82) is 0 Å². The summed E-state index contributed by atoms with van der Waals surface area (Å²) in [6, 6.07) is 7.34. The van der Waals surface area contributed by atoms with Crippen LogP contribution >= 0.6 is 0 Å². The van der Waals surface area contributed by atoms with Crippen molar-refractivity contribution < 1.29 is 14.4 Å². The molecule has 0 spiro atoms. The number of benzene rings is 1. The van der Waals surface area contributed by atoms with Crippen molar-refractivity contribution in [3.05, 3.63) is 35.4 Å². The van der Waals surface area contributed by atoms with E-state index < -0.39 is 0 Å². The maximum Gasteiger partial charge on any atom is 0.269 e. The van der Waals surface area contributed by atoms with Crippen molar-refractivity contribution >= 4 is 17.7 Å². The van der Waals surface area contributed by atoms with E-state index in [9.17, 15) is 14.4 Å².